The van der Waals surface area contributed by atoms with Gasteiger partial charge in [-0.3, -0.25) is 18.9 Å². The van der Waals surface area contributed by atoms with Crippen LogP contribution < -0.4 is 25.4 Å². The third-order valence-corrected chi connectivity index (χ3v) is 9.73. The van der Waals surface area contributed by atoms with Crippen LogP contribution in [0.1, 0.15) is 81.0 Å². The topological polar surface area (TPSA) is 251 Å². The van der Waals surface area contributed by atoms with Gasteiger partial charge in [0.2, 0.25) is 17.7 Å². The largest absolute Gasteiger partial charge is 0.494 e. The lowest BCUT2D eigenvalue weighted by Gasteiger charge is -2.11. The zero-order chi connectivity index (χ0) is 44.7. The first-order valence-corrected chi connectivity index (χ1v) is 22.2. The van der Waals surface area contributed by atoms with Gasteiger partial charge in [-0.2, -0.15) is 8.42 Å². The van der Waals surface area contributed by atoms with Gasteiger partial charge in [-0.1, -0.05) is 61.7 Å². The molecule has 0 atom stereocenters. The van der Waals surface area contributed by atoms with Gasteiger partial charge in [0, 0.05) is 37.5 Å². The highest BCUT2D eigenvalue weighted by molar-refractivity contribution is 7.86. The summed E-state index contributed by atoms with van der Waals surface area (Å²) in [5.41, 5.74) is 0.238. The fourth-order valence-corrected chi connectivity index (χ4v) is 6.61. The van der Waals surface area contributed by atoms with Crippen molar-refractivity contribution < 1.29 is 70.5 Å². The molecule has 61 heavy (non-hydrogen) atoms. The van der Waals surface area contributed by atoms with Gasteiger partial charge in [-0.05, 0) is 55.7 Å². The highest BCUT2D eigenvalue weighted by Gasteiger charge is 2.23. The van der Waals surface area contributed by atoms with E-state index in [4.69, 9.17) is 56.7 Å². The van der Waals surface area contributed by atoms with Crippen molar-refractivity contribution in [2.75, 3.05) is 79.1 Å². The van der Waals surface area contributed by atoms with E-state index in [1.807, 2.05) is 0 Å². The molecule has 5 N–H and O–H groups in total. The molecule has 0 unspecified atom stereocenters. The summed E-state index contributed by atoms with van der Waals surface area (Å²) < 4.78 is 64.1. The van der Waals surface area contributed by atoms with Crippen LogP contribution in [-0.2, 0) is 48.2 Å². The molecule has 342 valence electrons. The molecule has 0 aromatic heterocycles. The lowest BCUT2D eigenvalue weighted by molar-refractivity contribution is -0.140. The number of carboxylic acids is 1. The summed E-state index contributed by atoms with van der Waals surface area (Å²) in [6.45, 7) is 1.69. The smallest absolute Gasteiger partial charge is 0.337 e. The Morgan fingerprint density at radius 1 is 0.590 bits per heavy atom. The molecule has 0 bridgehead atoms. The van der Waals surface area contributed by atoms with Crippen LogP contribution in [0.15, 0.2) is 41.3 Å². The van der Waals surface area contributed by atoms with Gasteiger partial charge in [-0.25, -0.2) is 9.59 Å². The Labute approximate surface area is 366 Å². The van der Waals surface area contributed by atoms with Gasteiger partial charge in [0.15, 0.2) is 5.75 Å². The highest BCUT2D eigenvalue weighted by atomic mass is 35.5. The molecule has 2 rings (SSSR count). The minimum atomic E-state index is -4.77. The van der Waals surface area contributed by atoms with Crippen LogP contribution in [0.2, 0.25) is 10.0 Å². The zero-order valence-corrected chi connectivity index (χ0v) is 36.4. The number of esters is 1. The molecule has 0 heterocycles. The first-order chi connectivity index (χ1) is 29.3. The van der Waals surface area contributed by atoms with E-state index >= 15 is 0 Å². The van der Waals surface area contributed by atoms with Gasteiger partial charge >= 0.3 is 11.9 Å². The second-order valence-corrected chi connectivity index (χ2v) is 15.6. The average Bonchev–Trinajstić information content (AvgIpc) is 3.21. The minimum absolute atomic E-state index is 0.00809. The van der Waals surface area contributed by atoms with Crippen LogP contribution in [0, 0.1) is 0 Å². The predicted molar refractivity (Wildman–Crippen MR) is 224 cm³/mol. The molecule has 0 spiro atoms. The van der Waals surface area contributed by atoms with Crippen molar-refractivity contribution >= 4 is 63.0 Å². The molecule has 0 aliphatic carbocycles. The maximum absolute atomic E-state index is 12.1. The van der Waals surface area contributed by atoms with Crippen molar-refractivity contribution in [3.63, 3.8) is 0 Å². The maximum atomic E-state index is 12.1. The van der Waals surface area contributed by atoms with Gasteiger partial charge < -0.3 is 49.5 Å². The number of carbonyl (C=O) groups is 5. The fraction of sp³-hybridized carbons (Fsp3) is 0.575. The standard InChI is InChI=1S/C40H57Cl2N3O15S/c41-31-26-33(42)39(34(27-31)61(52,53)54)60-38(49)29-58-25-23-56-21-18-45-37(48)28-57-24-22-55-20-17-44-36(47)11-9-16-43-35(46)10-7-5-3-1-2-4-6-8-19-59-32-14-12-30(13-15-32)40(50)51/h12-15,26-27H,1-11,16-25,28-29H2,(H,43,46)(H,44,47)(H,45,48)(H,50,51)(H,52,53,54). The SMILES string of the molecule is O=C(CCCCCCCCCCOc1ccc(C(=O)O)cc1)NCCCC(=O)NCCOCCOCC(=O)NCCOCCOCC(=O)Oc1c(Cl)cc(Cl)cc1S(=O)(=O)O. The number of rotatable bonds is 35. The lowest BCUT2D eigenvalue weighted by Crippen LogP contribution is -2.31. The molecule has 0 saturated heterocycles. The Kier molecular flexibility index (Phi) is 27.6. The number of hydrogen-bond acceptors (Lipinski definition) is 13. The summed E-state index contributed by atoms with van der Waals surface area (Å²) in [5, 5.41) is 16.8. The van der Waals surface area contributed by atoms with Crippen LogP contribution in [0.3, 0.4) is 0 Å². The van der Waals surface area contributed by atoms with E-state index in [0.29, 0.717) is 38.3 Å². The lowest BCUT2D eigenvalue weighted by atomic mass is 10.1. The van der Waals surface area contributed by atoms with E-state index in [2.05, 4.69) is 16.0 Å². The molecule has 2 aromatic rings. The number of nitrogens with one attached hydrogen (secondary N) is 3. The summed E-state index contributed by atoms with van der Waals surface area (Å²) in [6.07, 6.45) is 9.60. The van der Waals surface area contributed by atoms with Gasteiger partial charge in [0.1, 0.15) is 23.9 Å². The third-order valence-electron chi connectivity index (χ3n) is 8.37. The quantitative estimate of drug-likeness (QED) is 0.0274. The summed E-state index contributed by atoms with van der Waals surface area (Å²) >= 11 is 11.6. The Bertz CT molecular complexity index is 1750. The third kappa shape index (κ3) is 26.1. The van der Waals surface area contributed by atoms with Crippen LogP contribution in [0.4, 0.5) is 0 Å². The van der Waals surface area contributed by atoms with E-state index in [1.54, 1.807) is 12.1 Å². The number of aromatic carboxylic acids is 1. The van der Waals surface area contributed by atoms with Crippen molar-refractivity contribution in [2.45, 2.75) is 75.5 Å². The molecular weight excluding hydrogens is 865 g/mol. The molecule has 0 aliphatic rings. The Hall–Kier alpha value is -4.08. The van der Waals surface area contributed by atoms with Gasteiger partial charge in [-0.15, -0.1) is 0 Å². The zero-order valence-electron chi connectivity index (χ0n) is 34.1. The normalized spacial score (nSPS) is 11.2. The number of carboxylic acid groups (broad SMARTS) is 1. The van der Waals surface area contributed by atoms with E-state index in [1.165, 1.54) is 12.1 Å². The Balaban J connectivity index is 1.30. The van der Waals surface area contributed by atoms with E-state index in [-0.39, 0.29) is 92.5 Å². The molecule has 21 heteroatoms. The van der Waals surface area contributed by atoms with Crippen molar-refractivity contribution in [3.05, 3.63) is 52.0 Å². The summed E-state index contributed by atoms with van der Waals surface area (Å²) in [5.74, 6) is -2.35. The van der Waals surface area contributed by atoms with Crippen LogP contribution >= 0.6 is 23.2 Å². The molecule has 0 fully saturated rings. The van der Waals surface area contributed by atoms with Crippen molar-refractivity contribution in [1.82, 2.24) is 16.0 Å². The fourth-order valence-electron chi connectivity index (χ4n) is 5.29. The predicted octanol–water partition coefficient (Wildman–Crippen LogP) is 4.63. The second-order valence-electron chi connectivity index (χ2n) is 13.4. The Morgan fingerprint density at radius 2 is 1.11 bits per heavy atom. The van der Waals surface area contributed by atoms with Gasteiger partial charge in [0.05, 0.1) is 56.8 Å². The highest BCUT2D eigenvalue weighted by Crippen LogP contribution is 2.35. The molecule has 0 radical (unpaired) electrons. The van der Waals surface area contributed by atoms with E-state index < -0.39 is 39.3 Å². The van der Waals surface area contributed by atoms with E-state index in [0.717, 1.165) is 63.5 Å². The second kappa shape index (κ2) is 31.7. The number of hydrogen-bond donors (Lipinski definition) is 5. The Morgan fingerprint density at radius 3 is 1.72 bits per heavy atom. The molecule has 3 amide bonds. The first-order valence-electron chi connectivity index (χ1n) is 20.0. The summed E-state index contributed by atoms with van der Waals surface area (Å²) in [6, 6.07) is 8.42. The first kappa shape index (κ1) is 53.1. The molecular formula is C40H57Cl2N3O15S. The van der Waals surface area contributed by atoms with Crippen molar-refractivity contribution in [2.24, 2.45) is 0 Å². The average molecular weight is 923 g/mol. The number of halogens is 2. The molecule has 18 nitrogen and oxygen atoms in total. The van der Waals surface area contributed by atoms with Crippen LogP contribution in [-0.4, -0.2) is 127 Å². The maximum Gasteiger partial charge on any atom is 0.337 e. The number of unbranched alkanes of at least 4 members (excludes halogenated alkanes) is 7. The molecule has 0 aliphatic heterocycles. The number of amides is 3. The summed E-state index contributed by atoms with van der Waals surface area (Å²) in [4.78, 5) is 58.2. The van der Waals surface area contributed by atoms with Crippen molar-refractivity contribution in [1.29, 1.82) is 0 Å². The molecule has 0 saturated carbocycles. The van der Waals surface area contributed by atoms with Gasteiger partial charge in [0.25, 0.3) is 10.1 Å². The minimum Gasteiger partial charge on any atom is -0.494 e. The number of benzene rings is 2. The monoisotopic (exact) mass is 921 g/mol. The van der Waals surface area contributed by atoms with Crippen LogP contribution in [0.5, 0.6) is 11.5 Å². The van der Waals surface area contributed by atoms with Crippen molar-refractivity contribution in [3.8, 4) is 11.5 Å². The number of ether oxygens (including phenoxy) is 6. The van der Waals surface area contributed by atoms with Crippen LogP contribution in [0.25, 0.3) is 0 Å². The molecule has 2 aromatic carbocycles. The van der Waals surface area contributed by atoms with E-state index in [9.17, 15) is 36.9 Å². The number of carbonyl (C=O) groups excluding carboxylic acids is 4. The summed E-state index contributed by atoms with van der Waals surface area (Å²) in [7, 11) is -4.77.